The standard InChI is InChI=1S/C13H13BrN4S2/c1-7-3-10-11(16-13(15)17-12(10)20-7)18(2)5-9-4-8(14)6-19-9/h3-4,6H,5H2,1-2H3,(H2,15,16,17). The third-order valence-electron chi connectivity index (χ3n) is 2.89. The van der Waals surface area contributed by atoms with Gasteiger partial charge in [0.1, 0.15) is 10.6 Å². The molecule has 4 nitrogen and oxygen atoms in total. The van der Waals surface area contributed by atoms with E-state index in [0.29, 0.717) is 5.95 Å². The first kappa shape index (κ1) is 13.8. The average Bonchev–Trinajstić information content (AvgIpc) is 2.93. The van der Waals surface area contributed by atoms with Crippen molar-refractivity contribution in [3.8, 4) is 0 Å². The molecule has 20 heavy (non-hydrogen) atoms. The minimum Gasteiger partial charge on any atom is -0.368 e. The summed E-state index contributed by atoms with van der Waals surface area (Å²) in [5.74, 6) is 1.22. The van der Waals surface area contributed by atoms with E-state index in [2.05, 4.69) is 55.2 Å². The fourth-order valence-corrected chi connectivity index (χ4v) is 4.46. The highest BCUT2D eigenvalue weighted by Crippen LogP contribution is 2.32. The Hall–Kier alpha value is -1.18. The second-order valence-electron chi connectivity index (χ2n) is 4.57. The molecule has 0 amide bonds. The van der Waals surface area contributed by atoms with Gasteiger partial charge in [-0.3, -0.25) is 0 Å². The molecule has 0 saturated heterocycles. The van der Waals surface area contributed by atoms with E-state index in [1.165, 1.54) is 9.75 Å². The van der Waals surface area contributed by atoms with Crippen LogP contribution in [0.2, 0.25) is 0 Å². The molecule has 2 N–H and O–H groups in total. The highest BCUT2D eigenvalue weighted by molar-refractivity contribution is 9.10. The van der Waals surface area contributed by atoms with Crippen LogP contribution in [0.1, 0.15) is 9.75 Å². The van der Waals surface area contributed by atoms with Crippen LogP contribution in [0.25, 0.3) is 10.2 Å². The van der Waals surface area contributed by atoms with Crippen LogP contribution in [0, 0.1) is 6.92 Å². The lowest BCUT2D eigenvalue weighted by molar-refractivity contribution is 0.917. The van der Waals surface area contributed by atoms with Gasteiger partial charge in [-0.15, -0.1) is 22.7 Å². The summed E-state index contributed by atoms with van der Waals surface area (Å²) in [5.41, 5.74) is 5.82. The number of hydrogen-bond donors (Lipinski definition) is 1. The zero-order valence-electron chi connectivity index (χ0n) is 11.1. The predicted octanol–water partition coefficient (Wildman–Crippen LogP) is 4.04. The monoisotopic (exact) mass is 368 g/mol. The van der Waals surface area contributed by atoms with Crippen LogP contribution in [0.15, 0.2) is 22.0 Å². The summed E-state index contributed by atoms with van der Waals surface area (Å²) in [6.07, 6.45) is 0. The number of nitrogens with two attached hydrogens (primary N) is 1. The Kier molecular flexibility index (Phi) is 3.66. The van der Waals surface area contributed by atoms with Crippen LogP contribution in [0.4, 0.5) is 11.8 Å². The van der Waals surface area contributed by atoms with Crippen molar-refractivity contribution in [2.75, 3.05) is 17.7 Å². The Morgan fingerprint density at radius 1 is 1.35 bits per heavy atom. The summed E-state index contributed by atoms with van der Waals surface area (Å²) in [6, 6.07) is 4.25. The summed E-state index contributed by atoms with van der Waals surface area (Å²) in [6.45, 7) is 2.87. The van der Waals surface area contributed by atoms with E-state index in [0.717, 1.165) is 27.1 Å². The van der Waals surface area contributed by atoms with Crippen LogP contribution < -0.4 is 10.6 Å². The number of thiophene rings is 2. The topological polar surface area (TPSA) is 55.0 Å². The van der Waals surface area contributed by atoms with Gasteiger partial charge in [-0.1, -0.05) is 0 Å². The van der Waals surface area contributed by atoms with E-state index in [4.69, 9.17) is 5.73 Å². The maximum atomic E-state index is 5.82. The molecule has 0 aromatic carbocycles. The molecular weight excluding hydrogens is 356 g/mol. The molecule has 0 bridgehead atoms. The minimum atomic E-state index is 0.327. The number of aryl methyl sites for hydroxylation is 1. The van der Waals surface area contributed by atoms with Gasteiger partial charge < -0.3 is 10.6 Å². The van der Waals surface area contributed by atoms with Gasteiger partial charge in [0.05, 0.1) is 11.9 Å². The lowest BCUT2D eigenvalue weighted by Crippen LogP contribution is -2.18. The van der Waals surface area contributed by atoms with Crippen LogP contribution >= 0.6 is 38.6 Å². The van der Waals surface area contributed by atoms with Gasteiger partial charge in [-0.05, 0) is 35.0 Å². The van der Waals surface area contributed by atoms with Crippen LogP contribution in [-0.4, -0.2) is 17.0 Å². The molecule has 0 aliphatic rings. The molecule has 0 saturated carbocycles. The third kappa shape index (κ3) is 2.65. The number of halogens is 1. The Labute approximate surface area is 133 Å². The molecule has 0 atom stereocenters. The van der Waals surface area contributed by atoms with Crippen molar-refractivity contribution in [2.45, 2.75) is 13.5 Å². The number of anilines is 2. The number of hydrogen-bond acceptors (Lipinski definition) is 6. The third-order valence-corrected chi connectivity index (χ3v) is 5.52. The molecule has 7 heteroatoms. The fourth-order valence-electron chi connectivity index (χ4n) is 2.08. The summed E-state index contributed by atoms with van der Waals surface area (Å²) >= 11 is 6.85. The quantitative estimate of drug-likeness (QED) is 0.757. The predicted molar refractivity (Wildman–Crippen MR) is 90.7 cm³/mol. The molecule has 0 radical (unpaired) electrons. The summed E-state index contributed by atoms with van der Waals surface area (Å²) in [4.78, 5) is 14.3. The molecule has 0 aliphatic heterocycles. The number of nitrogen functional groups attached to an aromatic ring is 1. The molecule has 0 aliphatic carbocycles. The largest absolute Gasteiger partial charge is 0.368 e. The molecule has 3 aromatic rings. The average molecular weight is 369 g/mol. The molecule has 3 rings (SSSR count). The molecule has 0 spiro atoms. The van der Waals surface area contributed by atoms with Gasteiger partial charge in [0.25, 0.3) is 0 Å². The number of fused-ring (bicyclic) bond motifs is 1. The van der Waals surface area contributed by atoms with Crippen molar-refractivity contribution in [2.24, 2.45) is 0 Å². The molecular formula is C13H13BrN4S2. The molecule has 104 valence electrons. The highest BCUT2D eigenvalue weighted by atomic mass is 79.9. The minimum absolute atomic E-state index is 0.327. The van der Waals surface area contributed by atoms with E-state index >= 15 is 0 Å². The Morgan fingerprint density at radius 2 is 2.15 bits per heavy atom. The molecule has 0 unspecified atom stereocenters. The van der Waals surface area contributed by atoms with E-state index < -0.39 is 0 Å². The van der Waals surface area contributed by atoms with Gasteiger partial charge >= 0.3 is 0 Å². The second kappa shape index (κ2) is 5.31. The van der Waals surface area contributed by atoms with E-state index in [-0.39, 0.29) is 0 Å². The van der Waals surface area contributed by atoms with E-state index in [1.54, 1.807) is 22.7 Å². The summed E-state index contributed by atoms with van der Waals surface area (Å²) in [5, 5.41) is 3.15. The van der Waals surface area contributed by atoms with E-state index in [1.807, 2.05) is 7.05 Å². The second-order valence-corrected chi connectivity index (χ2v) is 7.71. The van der Waals surface area contributed by atoms with Gasteiger partial charge in [0.15, 0.2) is 0 Å². The molecule has 3 heterocycles. The number of rotatable bonds is 3. The smallest absolute Gasteiger partial charge is 0.223 e. The maximum absolute atomic E-state index is 5.82. The first-order chi connectivity index (χ1) is 9.52. The van der Waals surface area contributed by atoms with Crippen molar-refractivity contribution in [1.82, 2.24) is 9.97 Å². The Morgan fingerprint density at radius 3 is 2.85 bits per heavy atom. The van der Waals surface area contributed by atoms with Crippen LogP contribution in [0.3, 0.4) is 0 Å². The van der Waals surface area contributed by atoms with Crippen molar-refractivity contribution in [1.29, 1.82) is 0 Å². The SMILES string of the molecule is Cc1cc2c(N(C)Cc3cc(Br)cs3)nc(N)nc2s1. The van der Waals surface area contributed by atoms with Crippen molar-refractivity contribution in [3.05, 3.63) is 31.7 Å². The first-order valence-corrected chi connectivity index (χ1v) is 8.49. The van der Waals surface area contributed by atoms with Crippen molar-refractivity contribution in [3.63, 3.8) is 0 Å². The molecule has 0 fully saturated rings. The van der Waals surface area contributed by atoms with Crippen molar-refractivity contribution < 1.29 is 0 Å². The van der Waals surface area contributed by atoms with Gasteiger partial charge in [0, 0.05) is 26.7 Å². The Balaban J connectivity index is 1.99. The van der Waals surface area contributed by atoms with Crippen molar-refractivity contribution >= 4 is 60.6 Å². The van der Waals surface area contributed by atoms with E-state index in [9.17, 15) is 0 Å². The highest BCUT2D eigenvalue weighted by Gasteiger charge is 2.14. The first-order valence-electron chi connectivity index (χ1n) is 6.00. The van der Waals surface area contributed by atoms with Crippen LogP contribution in [0.5, 0.6) is 0 Å². The maximum Gasteiger partial charge on any atom is 0.223 e. The lowest BCUT2D eigenvalue weighted by Gasteiger charge is -2.18. The number of aromatic nitrogens is 2. The van der Waals surface area contributed by atoms with Gasteiger partial charge in [-0.25, -0.2) is 4.98 Å². The fraction of sp³-hybridized carbons (Fsp3) is 0.231. The lowest BCUT2D eigenvalue weighted by atomic mass is 10.3. The summed E-state index contributed by atoms with van der Waals surface area (Å²) in [7, 11) is 2.03. The Bertz CT molecular complexity index is 765. The molecule has 3 aromatic heterocycles. The number of nitrogens with zero attached hydrogens (tertiary/aromatic N) is 3. The normalized spacial score (nSPS) is 11.2. The van der Waals surface area contributed by atoms with Crippen LogP contribution in [-0.2, 0) is 6.54 Å². The zero-order valence-corrected chi connectivity index (χ0v) is 14.3. The zero-order chi connectivity index (χ0) is 14.3. The summed E-state index contributed by atoms with van der Waals surface area (Å²) < 4.78 is 1.12. The van der Waals surface area contributed by atoms with Gasteiger partial charge in [-0.2, -0.15) is 4.98 Å². The van der Waals surface area contributed by atoms with Gasteiger partial charge in [0.2, 0.25) is 5.95 Å².